The lowest BCUT2D eigenvalue weighted by molar-refractivity contribution is 0.459. The zero-order valence-electron chi connectivity index (χ0n) is 13.6. The van der Waals surface area contributed by atoms with Gasteiger partial charge in [0.2, 0.25) is 0 Å². The lowest BCUT2D eigenvalue weighted by Gasteiger charge is -2.13. The molecule has 0 aliphatic heterocycles. The monoisotopic (exact) mass is 404 g/mol. The SMILES string of the molecule is CC(C)(C)[S@](=O)N=Cc1c(Br)cccc1-c1noc2ccccc12. The van der Waals surface area contributed by atoms with E-state index in [1.54, 1.807) is 6.21 Å². The minimum Gasteiger partial charge on any atom is -0.356 e. The molecule has 0 fully saturated rings. The highest BCUT2D eigenvalue weighted by atomic mass is 79.9. The van der Waals surface area contributed by atoms with E-state index in [2.05, 4.69) is 25.5 Å². The molecule has 0 N–H and O–H groups in total. The van der Waals surface area contributed by atoms with Gasteiger partial charge >= 0.3 is 0 Å². The fraction of sp³-hybridized carbons (Fsp3) is 0.222. The first-order valence-corrected chi connectivity index (χ1v) is 9.37. The van der Waals surface area contributed by atoms with Gasteiger partial charge in [-0.1, -0.05) is 45.4 Å². The Hall–Kier alpha value is -1.79. The molecule has 6 heteroatoms. The second kappa shape index (κ2) is 6.61. The molecule has 2 aromatic carbocycles. The predicted octanol–water partition coefficient (Wildman–Crippen LogP) is 5.14. The van der Waals surface area contributed by atoms with Crippen LogP contribution in [0.3, 0.4) is 0 Å². The Bertz CT molecular complexity index is 942. The Labute approximate surface area is 151 Å². The van der Waals surface area contributed by atoms with Crippen LogP contribution in [0.15, 0.2) is 55.9 Å². The predicted molar refractivity (Wildman–Crippen MR) is 103 cm³/mol. The third-order valence-corrected chi connectivity index (χ3v) is 5.52. The zero-order valence-corrected chi connectivity index (χ0v) is 16.0. The molecule has 1 atom stereocenters. The van der Waals surface area contributed by atoms with Gasteiger partial charge in [0, 0.05) is 27.2 Å². The molecule has 3 aromatic rings. The molecule has 1 aromatic heterocycles. The van der Waals surface area contributed by atoms with Crippen molar-refractivity contribution in [3.05, 3.63) is 52.5 Å². The topological polar surface area (TPSA) is 55.5 Å². The number of fused-ring (bicyclic) bond motifs is 1. The minimum atomic E-state index is -1.32. The standard InChI is InChI=1S/C18H17BrN2O2S/c1-18(2,3)24(22)20-11-14-12(8-6-9-15(14)19)17-13-7-4-5-10-16(13)23-21-17/h4-11H,1-3H3/t24-/m0/s1. The first kappa shape index (κ1) is 17.0. The van der Waals surface area contributed by atoms with Crippen LogP contribution in [0.2, 0.25) is 0 Å². The summed E-state index contributed by atoms with van der Waals surface area (Å²) in [5.41, 5.74) is 3.18. The highest BCUT2D eigenvalue weighted by Crippen LogP contribution is 2.32. The van der Waals surface area contributed by atoms with Gasteiger partial charge in [-0.05, 0) is 39.0 Å². The van der Waals surface area contributed by atoms with Crippen LogP contribution in [-0.4, -0.2) is 20.3 Å². The normalized spacial score (nSPS) is 13.7. The molecule has 0 saturated heterocycles. The molecule has 24 heavy (non-hydrogen) atoms. The lowest BCUT2D eigenvalue weighted by atomic mass is 10.0. The van der Waals surface area contributed by atoms with E-state index in [0.717, 1.165) is 32.3 Å². The molecule has 4 nitrogen and oxygen atoms in total. The highest BCUT2D eigenvalue weighted by molar-refractivity contribution is 9.10. The summed E-state index contributed by atoms with van der Waals surface area (Å²) in [6.45, 7) is 5.69. The van der Waals surface area contributed by atoms with E-state index < -0.39 is 15.7 Å². The second-order valence-electron chi connectivity index (χ2n) is 6.32. The maximum atomic E-state index is 12.2. The molecule has 0 spiro atoms. The molecule has 0 saturated carbocycles. The summed E-state index contributed by atoms with van der Waals surface area (Å²) in [6.07, 6.45) is 1.64. The summed E-state index contributed by atoms with van der Waals surface area (Å²) in [5, 5.41) is 5.14. The van der Waals surface area contributed by atoms with E-state index in [1.807, 2.05) is 63.2 Å². The Morgan fingerprint density at radius 1 is 1.17 bits per heavy atom. The summed E-state index contributed by atoms with van der Waals surface area (Å²) < 4.78 is 22.3. The smallest absolute Gasteiger partial charge is 0.167 e. The van der Waals surface area contributed by atoms with Crippen LogP contribution in [0.5, 0.6) is 0 Å². The number of aromatic nitrogens is 1. The van der Waals surface area contributed by atoms with Crippen LogP contribution < -0.4 is 0 Å². The van der Waals surface area contributed by atoms with E-state index in [9.17, 15) is 4.21 Å². The Kier molecular flexibility index (Phi) is 4.69. The van der Waals surface area contributed by atoms with Crippen molar-refractivity contribution in [2.24, 2.45) is 4.40 Å². The first-order chi connectivity index (χ1) is 11.4. The van der Waals surface area contributed by atoms with E-state index >= 15 is 0 Å². The third-order valence-electron chi connectivity index (χ3n) is 3.49. The van der Waals surface area contributed by atoms with Crippen LogP contribution in [-0.2, 0) is 11.0 Å². The molecule has 0 unspecified atom stereocenters. The van der Waals surface area contributed by atoms with Gasteiger partial charge in [-0.15, -0.1) is 0 Å². The summed E-state index contributed by atoms with van der Waals surface area (Å²) in [5.74, 6) is 0. The number of benzene rings is 2. The van der Waals surface area contributed by atoms with E-state index in [0.29, 0.717) is 0 Å². The van der Waals surface area contributed by atoms with E-state index in [1.165, 1.54) is 0 Å². The van der Waals surface area contributed by atoms with Crippen LogP contribution in [0.1, 0.15) is 26.3 Å². The van der Waals surface area contributed by atoms with Crippen molar-refractivity contribution in [3.8, 4) is 11.3 Å². The molecule has 3 rings (SSSR count). The summed E-state index contributed by atoms with van der Waals surface area (Å²) in [6, 6.07) is 13.5. The number of hydrogen-bond acceptors (Lipinski definition) is 3. The average Bonchev–Trinajstić information content (AvgIpc) is 2.96. The van der Waals surface area contributed by atoms with Crippen molar-refractivity contribution < 1.29 is 8.73 Å². The molecule has 124 valence electrons. The number of halogens is 1. The summed E-state index contributed by atoms with van der Waals surface area (Å²) in [7, 11) is -1.32. The Morgan fingerprint density at radius 2 is 1.92 bits per heavy atom. The molecule has 0 amide bonds. The maximum absolute atomic E-state index is 12.2. The number of para-hydroxylation sites is 1. The van der Waals surface area contributed by atoms with Crippen LogP contribution in [0.4, 0.5) is 0 Å². The van der Waals surface area contributed by atoms with Crippen molar-refractivity contribution in [3.63, 3.8) is 0 Å². The fourth-order valence-electron chi connectivity index (χ4n) is 2.21. The van der Waals surface area contributed by atoms with Gasteiger partial charge in [0.1, 0.15) is 16.7 Å². The summed E-state index contributed by atoms with van der Waals surface area (Å²) >= 11 is 3.55. The first-order valence-electron chi connectivity index (χ1n) is 7.47. The van der Waals surface area contributed by atoms with Crippen molar-refractivity contribution in [2.45, 2.75) is 25.5 Å². The van der Waals surface area contributed by atoms with Crippen LogP contribution in [0.25, 0.3) is 22.2 Å². The Morgan fingerprint density at radius 3 is 2.67 bits per heavy atom. The molecule has 0 radical (unpaired) electrons. The number of rotatable bonds is 3. The van der Waals surface area contributed by atoms with Gasteiger partial charge in [0.25, 0.3) is 0 Å². The molecular weight excluding hydrogens is 388 g/mol. The molecule has 1 heterocycles. The van der Waals surface area contributed by atoms with Gasteiger partial charge in [-0.2, -0.15) is 4.40 Å². The Balaban J connectivity index is 2.12. The van der Waals surface area contributed by atoms with Crippen molar-refractivity contribution in [1.29, 1.82) is 0 Å². The van der Waals surface area contributed by atoms with Gasteiger partial charge in [0.15, 0.2) is 5.58 Å². The second-order valence-corrected chi connectivity index (χ2v) is 9.11. The van der Waals surface area contributed by atoms with E-state index in [4.69, 9.17) is 4.52 Å². The van der Waals surface area contributed by atoms with Gasteiger partial charge < -0.3 is 4.52 Å². The summed E-state index contributed by atoms with van der Waals surface area (Å²) in [4.78, 5) is 0. The fourth-order valence-corrected chi connectivity index (χ4v) is 3.20. The minimum absolute atomic E-state index is 0.404. The number of hydrogen-bond donors (Lipinski definition) is 0. The highest BCUT2D eigenvalue weighted by Gasteiger charge is 2.19. The maximum Gasteiger partial charge on any atom is 0.167 e. The average molecular weight is 405 g/mol. The molecule has 0 bridgehead atoms. The quantitative estimate of drug-likeness (QED) is 0.567. The lowest BCUT2D eigenvalue weighted by Crippen LogP contribution is -2.19. The van der Waals surface area contributed by atoms with Crippen molar-refractivity contribution in [2.75, 3.05) is 0 Å². The zero-order chi connectivity index (χ0) is 17.3. The van der Waals surface area contributed by atoms with Gasteiger partial charge in [-0.3, -0.25) is 0 Å². The molecule has 0 aliphatic carbocycles. The third kappa shape index (κ3) is 3.35. The van der Waals surface area contributed by atoms with Crippen LogP contribution in [0, 0.1) is 0 Å². The molecular formula is C18H17BrN2O2S. The van der Waals surface area contributed by atoms with Crippen molar-refractivity contribution in [1.82, 2.24) is 5.16 Å². The largest absolute Gasteiger partial charge is 0.356 e. The van der Waals surface area contributed by atoms with Gasteiger partial charge in [0.05, 0.1) is 4.75 Å². The van der Waals surface area contributed by atoms with E-state index in [-0.39, 0.29) is 0 Å². The number of nitrogens with zero attached hydrogens (tertiary/aromatic N) is 2. The van der Waals surface area contributed by atoms with Crippen molar-refractivity contribution >= 4 is 44.1 Å². The van der Waals surface area contributed by atoms with Crippen LogP contribution >= 0.6 is 15.9 Å². The van der Waals surface area contributed by atoms with Gasteiger partial charge in [-0.25, -0.2) is 4.21 Å². The molecule has 0 aliphatic rings.